The van der Waals surface area contributed by atoms with Gasteiger partial charge in [-0.05, 0) is 6.42 Å². The van der Waals surface area contributed by atoms with E-state index in [0.717, 1.165) is 0 Å². The molecule has 1 rings (SSSR count). The molecule has 0 aromatic heterocycles. The van der Waals surface area contributed by atoms with Gasteiger partial charge in [0.25, 0.3) is 0 Å². The molecule has 0 radical (unpaired) electrons. The summed E-state index contributed by atoms with van der Waals surface area (Å²) in [6.45, 7) is 1.43. The van der Waals surface area contributed by atoms with Crippen molar-refractivity contribution in [3.8, 4) is 0 Å². The molecule has 1 aliphatic rings. The van der Waals surface area contributed by atoms with Crippen molar-refractivity contribution in [1.82, 2.24) is 9.80 Å². The summed E-state index contributed by atoms with van der Waals surface area (Å²) in [6.07, 6.45) is 0.581. The molecule has 16 heavy (non-hydrogen) atoms. The van der Waals surface area contributed by atoms with Crippen LogP contribution < -0.4 is 5.73 Å². The van der Waals surface area contributed by atoms with Gasteiger partial charge in [0.05, 0.1) is 6.54 Å². The van der Waals surface area contributed by atoms with Crippen molar-refractivity contribution >= 4 is 12.0 Å². The lowest BCUT2D eigenvalue weighted by Crippen LogP contribution is -2.29. The van der Waals surface area contributed by atoms with E-state index in [9.17, 15) is 9.59 Å². The number of nitrogens with two attached hydrogens (primary N) is 1. The molecule has 1 atom stereocenters. The summed E-state index contributed by atoms with van der Waals surface area (Å²) in [5, 5.41) is 0. The van der Waals surface area contributed by atoms with Crippen molar-refractivity contribution in [2.75, 3.05) is 33.7 Å². The predicted octanol–water partition coefficient (Wildman–Crippen LogP) is -0.366. The van der Waals surface area contributed by atoms with Gasteiger partial charge in [0.2, 0.25) is 5.91 Å². The molecular formula is C10H19N3O3. The second-order valence-electron chi connectivity index (χ2n) is 4.08. The molecule has 1 saturated heterocycles. The third kappa shape index (κ3) is 3.37. The minimum atomic E-state index is -0.326. The number of carbonyl (C=O) groups is 2. The van der Waals surface area contributed by atoms with Gasteiger partial charge in [-0.1, -0.05) is 0 Å². The Hall–Kier alpha value is -1.30. The van der Waals surface area contributed by atoms with Crippen molar-refractivity contribution < 1.29 is 14.3 Å². The summed E-state index contributed by atoms with van der Waals surface area (Å²) in [5.41, 5.74) is 5.41. The molecule has 0 aliphatic carbocycles. The Morgan fingerprint density at radius 3 is 2.81 bits per heavy atom. The Morgan fingerprint density at radius 2 is 2.31 bits per heavy atom. The summed E-state index contributed by atoms with van der Waals surface area (Å²) in [6, 6.07) is 0. The van der Waals surface area contributed by atoms with Crippen LogP contribution in [0.1, 0.15) is 12.8 Å². The third-order valence-corrected chi connectivity index (χ3v) is 2.53. The van der Waals surface area contributed by atoms with Crippen molar-refractivity contribution in [1.29, 1.82) is 0 Å². The van der Waals surface area contributed by atoms with E-state index in [0.29, 0.717) is 32.5 Å². The summed E-state index contributed by atoms with van der Waals surface area (Å²) in [4.78, 5) is 25.7. The lowest BCUT2D eigenvalue weighted by atomic mass is 10.2. The van der Waals surface area contributed by atoms with E-state index in [1.54, 1.807) is 23.9 Å². The number of nitrogens with zero attached hydrogens (tertiary/aromatic N) is 2. The van der Waals surface area contributed by atoms with E-state index in [-0.39, 0.29) is 18.1 Å². The molecule has 1 fully saturated rings. The maximum atomic E-state index is 11.3. The second kappa shape index (κ2) is 5.69. The van der Waals surface area contributed by atoms with Crippen LogP contribution in [-0.2, 0) is 9.53 Å². The van der Waals surface area contributed by atoms with Crippen molar-refractivity contribution in [3.63, 3.8) is 0 Å². The molecular weight excluding hydrogens is 210 g/mol. The van der Waals surface area contributed by atoms with Crippen LogP contribution >= 0.6 is 0 Å². The van der Waals surface area contributed by atoms with Gasteiger partial charge in [-0.2, -0.15) is 0 Å². The maximum Gasteiger partial charge on any atom is 0.410 e. The fourth-order valence-corrected chi connectivity index (χ4v) is 1.52. The lowest BCUT2D eigenvalue weighted by molar-refractivity contribution is -0.128. The van der Waals surface area contributed by atoms with Crippen LogP contribution in [0.3, 0.4) is 0 Å². The number of carbonyl (C=O) groups excluding carboxylic acids is 2. The highest BCUT2D eigenvalue weighted by molar-refractivity contribution is 5.75. The molecule has 0 aromatic rings. The topological polar surface area (TPSA) is 75.9 Å². The molecule has 1 heterocycles. The molecule has 2 N–H and O–H groups in total. The Morgan fingerprint density at radius 1 is 1.62 bits per heavy atom. The number of hydrogen-bond acceptors (Lipinski definition) is 4. The zero-order valence-electron chi connectivity index (χ0n) is 9.81. The zero-order valence-corrected chi connectivity index (χ0v) is 9.81. The molecule has 0 bridgehead atoms. The first-order valence-electron chi connectivity index (χ1n) is 5.40. The first-order chi connectivity index (χ1) is 7.54. The summed E-state index contributed by atoms with van der Waals surface area (Å²) in [5.74, 6) is 0.0722. The molecule has 0 saturated carbocycles. The van der Waals surface area contributed by atoms with Crippen LogP contribution in [0.4, 0.5) is 4.79 Å². The molecule has 1 aliphatic heterocycles. The quantitative estimate of drug-likeness (QED) is 0.698. The van der Waals surface area contributed by atoms with Crippen LogP contribution in [0, 0.1) is 0 Å². The molecule has 0 aromatic carbocycles. The average molecular weight is 229 g/mol. The Labute approximate surface area is 95.3 Å². The monoisotopic (exact) mass is 229 g/mol. The van der Waals surface area contributed by atoms with Gasteiger partial charge in [0.1, 0.15) is 6.10 Å². The average Bonchev–Trinajstić information content (AvgIpc) is 2.59. The van der Waals surface area contributed by atoms with Crippen molar-refractivity contribution in [2.24, 2.45) is 5.73 Å². The molecule has 1 unspecified atom stereocenters. The molecule has 6 heteroatoms. The zero-order chi connectivity index (χ0) is 12.1. The fraction of sp³-hybridized carbons (Fsp3) is 0.800. The standard InChI is InChI=1S/C10H19N3O3/c1-12(2)9(14)4-3-5-13-7-8(6-11)16-10(13)15/h8H,3-7,11H2,1-2H3. The van der Waals surface area contributed by atoms with E-state index in [2.05, 4.69) is 0 Å². The Balaban J connectivity index is 2.23. The second-order valence-corrected chi connectivity index (χ2v) is 4.08. The number of amides is 2. The summed E-state index contributed by atoms with van der Waals surface area (Å²) in [7, 11) is 3.44. The van der Waals surface area contributed by atoms with Gasteiger partial charge in [-0.15, -0.1) is 0 Å². The number of ether oxygens (including phenoxy) is 1. The van der Waals surface area contributed by atoms with E-state index in [1.807, 2.05) is 0 Å². The highest BCUT2D eigenvalue weighted by Crippen LogP contribution is 2.11. The highest BCUT2D eigenvalue weighted by Gasteiger charge is 2.29. The smallest absolute Gasteiger partial charge is 0.410 e. The van der Waals surface area contributed by atoms with Gasteiger partial charge in [-0.3, -0.25) is 4.79 Å². The van der Waals surface area contributed by atoms with Gasteiger partial charge >= 0.3 is 6.09 Å². The third-order valence-electron chi connectivity index (χ3n) is 2.53. The number of rotatable bonds is 5. The van der Waals surface area contributed by atoms with E-state index in [4.69, 9.17) is 10.5 Å². The van der Waals surface area contributed by atoms with Crippen molar-refractivity contribution in [3.05, 3.63) is 0 Å². The van der Waals surface area contributed by atoms with Gasteiger partial charge in [0.15, 0.2) is 0 Å². The van der Waals surface area contributed by atoms with Gasteiger partial charge in [0, 0.05) is 33.6 Å². The van der Waals surface area contributed by atoms with E-state index >= 15 is 0 Å². The van der Waals surface area contributed by atoms with Crippen LogP contribution in [-0.4, -0.2) is 61.6 Å². The van der Waals surface area contributed by atoms with Gasteiger partial charge < -0.3 is 20.3 Å². The lowest BCUT2D eigenvalue weighted by Gasteiger charge is -2.14. The van der Waals surface area contributed by atoms with Gasteiger partial charge in [-0.25, -0.2) is 4.79 Å². The first kappa shape index (κ1) is 12.8. The predicted molar refractivity (Wildman–Crippen MR) is 58.8 cm³/mol. The van der Waals surface area contributed by atoms with Crippen LogP contribution in [0.2, 0.25) is 0 Å². The normalized spacial score (nSPS) is 19.8. The molecule has 0 spiro atoms. The molecule has 92 valence electrons. The van der Waals surface area contributed by atoms with E-state index < -0.39 is 0 Å². The SMILES string of the molecule is CN(C)C(=O)CCCN1CC(CN)OC1=O. The van der Waals surface area contributed by atoms with E-state index in [1.165, 1.54) is 0 Å². The van der Waals surface area contributed by atoms with Crippen LogP contribution in [0.5, 0.6) is 0 Å². The van der Waals surface area contributed by atoms with Crippen LogP contribution in [0.15, 0.2) is 0 Å². The number of cyclic esters (lactones) is 1. The summed E-state index contributed by atoms with van der Waals surface area (Å²) >= 11 is 0. The largest absolute Gasteiger partial charge is 0.443 e. The maximum absolute atomic E-state index is 11.3. The fourth-order valence-electron chi connectivity index (χ4n) is 1.52. The van der Waals surface area contributed by atoms with Crippen molar-refractivity contribution in [2.45, 2.75) is 18.9 Å². The molecule has 2 amide bonds. The Kier molecular flexibility index (Phi) is 4.54. The number of hydrogen-bond donors (Lipinski definition) is 1. The highest BCUT2D eigenvalue weighted by atomic mass is 16.6. The molecule has 6 nitrogen and oxygen atoms in total. The Bertz CT molecular complexity index is 268. The minimum Gasteiger partial charge on any atom is -0.443 e. The minimum absolute atomic E-state index is 0.0722. The summed E-state index contributed by atoms with van der Waals surface area (Å²) < 4.78 is 4.99. The first-order valence-corrected chi connectivity index (χ1v) is 5.40. The van der Waals surface area contributed by atoms with Crippen LogP contribution in [0.25, 0.3) is 0 Å².